The number of nitrogens with zero attached hydrogens (tertiary/aromatic N) is 5. The second-order valence-corrected chi connectivity index (χ2v) is 4.41. The molecule has 0 unspecified atom stereocenters. The van der Waals surface area contributed by atoms with Crippen molar-refractivity contribution in [2.75, 3.05) is 0 Å². The van der Waals surface area contributed by atoms with Crippen LogP contribution < -0.4 is 0 Å². The number of aryl methyl sites for hydroxylation is 1. The van der Waals surface area contributed by atoms with Gasteiger partial charge in [0.15, 0.2) is 11.6 Å². The number of rotatable bonds is 3. The summed E-state index contributed by atoms with van der Waals surface area (Å²) in [6.45, 7) is 3.40. The van der Waals surface area contributed by atoms with Crippen LogP contribution in [0.3, 0.4) is 0 Å². The predicted octanol–water partition coefficient (Wildman–Crippen LogP) is 1.63. The summed E-state index contributed by atoms with van der Waals surface area (Å²) in [5.41, 5.74) is 1.32. The average Bonchev–Trinajstić information content (AvgIpc) is 3.05. The first kappa shape index (κ1) is 13.0. The van der Waals surface area contributed by atoms with Gasteiger partial charge in [-0.3, -0.25) is 0 Å². The number of carboxylic acids is 1. The van der Waals surface area contributed by atoms with E-state index >= 15 is 0 Å². The zero-order valence-corrected chi connectivity index (χ0v) is 11.3. The van der Waals surface area contributed by atoms with Crippen molar-refractivity contribution in [1.29, 1.82) is 0 Å². The van der Waals surface area contributed by atoms with Crippen molar-refractivity contribution >= 4 is 5.97 Å². The lowest BCUT2D eigenvalue weighted by atomic mass is 10.2. The molecule has 0 radical (unpaired) electrons. The minimum atomic E-state index is -1.03. The molecule has 8 heteroatoms. The Morgan fingerprint density at radius 2 is 2.19 bits per heavy atom. The van der Waals surface area contributed by atoms with Gasteiger partial charge in [0.2, 0.25) is 0 Å². The molecule has 0 spiro atoms. The molecule has 0 amide bonds. The summed E-state index contributed by atoms with van der Waals surface area (Å²) in [4.78, 5) is 19.4. The lowest BCUT2D eigenvalue weighted by Gasteiger charge is -2.04. The van der Waals surface area contributed by atoms with E-state index in [4.69, 9.17) is 9.63 Å². The van der Waals surface area contributed by atoms with Crippen molar-refractivity contribution in [3.63, 3.8) is 0 Å². The minimum absolute atomic E-state index is 0.135. The SMILES string of the molecule is Cc1noc(-c2ccnc(-n3ncc(C(=O)O)c3C)c2)n1. The van der Waals surface area contributed by atoms with E-state index < -0.39 is 5.97 Å². The highest BCUT2D eigenvalue weighted by atomic mass is 16.5. The van der Waals surface area contributed by atoms with Gasteiger partial charge in [-0.2, -0.15) is 10.1 Å². The molecular weight excluding hydrogens is 274 g/mol. The molecule has 0 saturated carbocycles. The Balaban J connectivity index is 2.06. The van der Waals surface area contributed by atoms with Crippen LogP contribution in [0.2, 0.25) is 0 Å². The van der Waals surface area contributed by atoms with Crippen molar-refractivity contribution in [2.45, 2.75) is 13.8 Å². The smallest absolute Gasteiger partial charge is 0.339 e. The first-order valence-corrected chi connectivity index (χ1v) is 6.11. The Morgan fingerprint density at radius 3 is 2.81 bits per heavy atom. The topological polar surface area (TPSA) is 107 Å². The summed E-state index contributed by atoms with van der Waals surface area (Å²) in [5, 5.41) is 16.8. The fourth-order valence-corrected chi connectivity index (χ4v) is 1.93. The van der Waals surface area contributed by atoms with E-state index in [1.54, 1.807) is 32.2 Å². The molecule has 0 saturated heterocycles. The maximum Gasteiger partial charge on any atom is 0.339 e. The fourth-order valence-electron chi connectivity index (χ4n) is 1.93. The molecule has 0 aliphatic carbocycles. The van der Waals surface area contributed by atoms with E-state index in [9.17, 15) is 4.79 Å². The third kappa shape index (κ3) is 2.27. The number of pyridine rings is 1. The van der Waals surface area contributed by atoms with Crippen molar-refractivity contribution in [2.24, 2.45) is 0 Å². The van der Waals surface area contributed by atoms with Gasteiger partial charge >= 0.3 is 5.97 Å². The molecule has 0 atom stereocenters. The molecule has 3 heterocycles. The number of aromatic nitrogens is 5. The lowest BCUT2D eigenvalue weighted by Crippen LogP contribution is -2.04. The summed E-state index contributed by atoms with van der Waals surface area (Å²) in [5.74, 6) is 0.363. The summed E-state index contributed by atoms with van der Waals surface area (Å²) in [7, 11) is 0. The van der Waals surface area contributed by atoms with Crippen LogP contribution in [-0.4, -0.2) is 36.0 Å². The van der Waals surface area contributed by atoms with Gasteiger partial charge in [0.25, 0.3) is 5.89 Å². The highest BCUT2D eigenvalue weighted by Gasteiger charge is 2.15. The van der Waals surface area contributed by atoms with Crippen molar-refractivity contribution in [3.05, 3.63) is 41.6 Å². The van der Waals surface area contributed by atoms with Crippen LogP contribution >= 0.6 is 0 Å². The Hall–Kier alpha value is -3.03. The van der Waals surface area contributed by atoms with E-state index in [0.717, 1.165) is 0 Å². The van der Waals surface area contributed by atoms with Crippen molar-refractivity contribution in [3.8, 4) is 17.3 Å². The summed E-state index contributed by atoms with van der Waals surface area (Å²) in [6, 6.07) is 3.44. The largest absolute Gasteiger partial charge is 0.478 e. The first-order valence-electron chi connectivity index (χ1n) is 6.11. The van der Waals surface area contributed by atoms with Crippen molar-refractivity contribution in [1.82, 2.24) is 24.9 Å². The first-order chi connectivity index (χ1) is 10.1. The molecule has 0 aliphatic heterocycles. The van der Waals surface area contributed by atoms with Crippen LogP contribution in [0.15, 0.2) is 29.0 Å². The highest BCUT2D eigenvalue weighted by molar-refractivity contribution is 5.88. The molecule has 8 nitrogen and oxygen atoms in total. The molecule has 0 fully saturated rings. The van der Waals surface area contributed by atoms with Crippen molar-refractivity contribution < 1.29 is 14.4 Å². The van der Waals surface area contributed by atoms with Crippen LogP contribution in [0, 0.1) is 13.8 Å². The molecule has 3 rings (SSSR count). The third-order valence-electron chi connectivity index (χ3n) is 2.98. The van der Waals surface area contributed by atoms with Crippen LogP contribution in [0.1, 0.15) is 21.9 Å². The van der Waals surface area contributed by atoms with E-state index in [2.05, 4.69) is 20.2 Å². The number of hydrogen-bond acceptors (Lipinski definition) is 6. The van der Waals surface area contributed by atoms with Gasteiger partial charge in [0.1, 0.15) is 5.56 Å². The molecule has 21 heavy (non-hydrogen) atoms. The third-order valence-corrected chi connectivity index (χ3v) is 2.98. The molecule has 0 aromatic carbocycles. The monoisotopic (exact) mass is 285 g/mol. The molecule has 3 aromatic rings. The quantitative estimate of drug-likeness (QED) is 0.779. The standard InChI is InChI=1S/C13H11N5O3/c1-7-10(13(19)20)6-15-18(7)11-5-9(3-4-14-11)12-16-8(2)17-21-12/h3-6H,1-2H3,(H,19,20). The maximum atomic E-state index is 11.1. The molecule has 0 bridgehead atoms. The van der Waals surface area contributed by atoms with Crippen LogP contribution in [-0.2, 0) is 0 Å². The Kier molecular flexibility index (Phi) is 2.98. The lowest BCUT2D eigenvalue weighted by molar-refractivity contribution is 0.0696. The van der Waals surface area contributed by atoms with E-state index in [-0.39, 0.29) is 5.56 Å². The molecular formula is C13H11N5O3. The number of carboxylic acid groups (broad SMARTS) is 1. The number of hydrogen-bond donors (Lipinski definition) is 1. The van der Waals surface area contributed by atoms with E-state index in [1.165, 1.54) is 10.9 Å². The molecule has 0 aliphatic rings. The van der Waals surface area contributed by atoms with Gasteiger partial charge in [-0.15, -0.1) is 0 Å². The minimum Gasteiger partial charge on any atom is -0.478 e. The molecule has 3 aromatic heterocycles. The Bertz CT molecular complexity index is 821. The summed E-state index contributed by atoms with van der Waals surface area (Å²) in [6.07, 6.45) is 2.87. The zero-order valence-electron chi connectivity index (χ0n) is 11.3. The van der Waals surface area contributed by atoms with Gasteiger partial charge < -0.3 is 9.63 Å². The molecule has 1 N–H and O–H groups in total. The fraction of sp³-hybridized carbons (Fsp3) is 0.154. The molecule has 106 valence electrons. The number of aromatic carboxylic acids is 1. The van der Waals surface area contributed by atoms with Gasteiger partial charge in [0.05, 0.1) is 11.9 Å². The van der Waals surface area contributed by atoms with Crippen LogP contribution in [0.25, 0.3) is 17.3 Å². The normalized spacial score (nSPS) is 10.8. The van der Waals surface area contributed by atoms with Gasteiger partial charge in [0, 0.05) is 11.8 Å². The Morgan fingerprint density at radius 1 is 1.38 bits per heavy atom. The highest BCUT2D eigenvalue weighted by Crippen LogP contribution is 2.20. The van der Waals surface area contributed by atoms with Gasteiger partial charge in [-0.05, 0) is 26.0 Å². The van der Waals surface area contributed by atoms with Crippen LogP contribution in [0.4, 0.5) is 0 Å². The maximum absolute atomic E-state index is 11.1. The zero-order chi connectivity index (χ0) is 15.0. The summed E-state index contributed by atoms with van der Waals surface area (Å²) < 4.78 is 6.56. The number of carbonyl (C=O) groups is 1. The van der Waals surface area contributed by atoms with E-state index in [0.29, 0.717) is 28.8 Å². The van der Waals surface area contributed by atoms with E-state index in [1.807, 2.05) is 0 Å². The van der Waals surface area contributed by atoms with Gasteiger partial charge in [-0.25, -0.2) is 14.5 Å². The summed E-state index contributed by atoms with van der Waals surface area (Å²) >= 11 is 0. The predicted molar refractivity (Wildman–Crippen MR) is 71.1 cm³/mol. The van der Waals surface area contributed by atoms with Crippen LogP contribution in [0.5, 0.6) is 0 Å². The second-order valence-electron chi connectivity index (χ2n) is 4.41. The second kappa shape index (κ2) is 4.82. The van der Waals surface area contributed by atoms with Gasteiger partial charge in [-0.1, -0.05) is 5.16 Å². The Labute approximate surface area is 119 Å². The average molecular weight is 285 g/mol.